The highest BCUT2D eigenvalue weighted by Gasteiger charge is 2.20. The van der Waals surface area contributed by atoms with E-state index in [0.717, 1.165) is 26.2 Å². The summed E-state index contributed by atoms with van der Waals surface area (Å²) in [6.45, 7) is 8.49. The lowest BCUT2D eigenvalue weighted by atomic mass is 10.3. The molecule has 1 aromatic heterocycles. The third-order valence-corrected chi connectivity index (χ3v) is 3.73. The third kappa shape index (κ3) is 5.57. The number of nitrogens with zero attached hydrogens (tertiary/aromatic N) is 6. The Bertz CT molecular complexity index is 554. The molecule has 1 aliphatic rings. The monoisotopic (exact) mass is 336 g/mol. The number of hydrogen-bond donors (Lipinski definition) is 2. The minimum atomic E-state index is 0.0827. The highest BCUT2D eigenvalue weighted by Crippen LogP contribution is 2.10. The molecule has 0 unspecified atom stereocenters. The van der Waals surface area contributed by atoms with Crippen LogP contribution in [-0.4, -0.2) is 83.5 Å². The predicted molar refractivity (Wildman–Crippen MR) is 93.6 cm³/mol. The fourth-order valence-corrected chi connectivity index (χ4v) is 2.57. The highest BCUT2D eigenvalue weighted by molar-refractivity contribution is 5.78. The van der Waals surface area contributed by atoms with Gasteiger partial charge in [-0.1, -0.05) is 0 Å². The van der Waals surface area contributed by atoms with E-state index in [2.05, 4.69) is 30.1 Å². The molecule has 1 saturated heterocycles. The van der Waals surface area contributed by atoms with Gasteiger partial charge in [0.25, 0.3) is 0 Å². The maximum Gasteiger partial charge on any atom is 0.234 e. The zero-order chi connectivity index (χ0) is 17.7. The number of aromatic nitrogens is 3. The van der Waals surface area contributed by atoms with Crippen LogP contribution in [0.2, 0.25) is 0 Å². The van der Waals surface area contributed by atoms with E-state index in [1.54, 1.807) is 0 Å². The maximum absolute atomic E-state index is 11.8. The van der Waals surface area contributed by atoms with E-state index in [1.165, 1.54) is 0 Å². The summed E-state index contributed by atoms with van der Waals surface area (Å²) in [7, 11) is 3.75. The number of carbonyl (C=O) groups is 1. The number of carbonyl (C=O) groups excluding carboxylic acids is 1. The molecule has 0 radical (unpaired) electrons. The van der Waals surface area contributed by atoms with Gasteiger partial charge in [0.2, 0.25) is 17.8 Å². The summed E-state index contributed by atoms with van der Waals surface area (Å²) in [6.07, 6.45) is 0. The lowest BCUT2D eigenvalue weighted by molar-refractivity contribution is -0.123. The number of amides is 1. The molecule has 24 heavy (non-hydrogen) atoms. The van der Waals surface area contributed by atoms with Crippen molar-refractivity contribution in [1.82, 2.24) is 30.1 Å². The Labute approximate surface area is 143 Å². The summed E-state index contributed by atoms with van der Waals surface area (Å²) < 4.78 is 0. The van der Waals surface area contributed by atoms with Crippen LogP contribution in [0.3, 0.4) is 0 Å². The van der Waals surface area contributed by atoms with Gasteiger partial charge in [-0.15, -0.1) is 0 Å². The van der Waals surface area contributed by atoms with E-state index in [-0.39, 0.29) is 17.9 Å². The lowest BCUT2D eigenvalue weighted by Crippen LogP contribution is -2.49. The van der Waals surface area contributed by atoms with Gasteiger partial charge in [-0.05, 0) is 13.8 Å². The molecule has 1 fully saturated rings. The largest absolute Gasteiger partial charge is 0.368 e. The van der Waals surface area contributed by atoms with Crippen LogP contribution >= 0.6 is 0 Å². The van der Waals surface area contributed by atoms with Gasteiger partial charge < -0.3 is 16.0 Å². The van der Waals surface area contributed by atoms with Crippen LogP contribution in [0.15, 0.2) is 0 Å². The maximum atomic E-state index is 11.8. The Balaban J connectivity index is 1.84. The Kier molecular flexibility index (Phi) is 6.27. The number of piperazine rings is 1. The molecular formula is C15H28N8O. The number of nitrogen functional groups attached to an aromatic ring is 1. The Morgan fingerprint density at radius 2 is 1.79 bits per heavy atom. The molecule has 0 aliphatic carbocycles. The van der Waals surface area contributed by atoms with E-state index in [1.807, 2.05) is 32.8 Å². The third-order valence-electron chi connectivity index (χ3n) is 3.73. The van der Waals surface area contributed by atoms with Gasteiger partial charge in [0.15, 0.2) is 0 Å². The Morgan fingerprint density at radius 3 is 2.38 bits per heavy atom. The van der Waals surface area contributed by atoms with Crippen LogP contribution in [0.5, 0.6) is 0 Å². The fourth-order valence-electron chi connectivity index (χ4n) is 2.57. The van der Waals surface area contributed by atoms with Crippen molar-refractivity contribution in [1.29, 1.82) is 0 Å². The Hall–Kier alpha value is -2.00. The van der Waals surface area contributed by atoms with Crippen molar-refractivity contribution >= 4 is 17.8 Å². The van der Waals surface area contributed by atoms with Crippen molar-refractivity contribution in [2.75, 3.05) is 57.5 Å². The summed E-state index contributed by atoms with van der Waals surface area (Å²) in [4.78, 5) is 30.8. The van der Waals surface area contributed by atoms with Crippen LogP contribution in [0.25, 0.3) is 0 Å². The first kappa shape index (κ1) is 18.3. The molecule has 9 nitrogen and oxygen atoms in total. The predicted octanol–water partition coefficient (Wildman–Crippen LogP) is -0.838. The van der Waals surface area contributed by atoms with Crippen molar-refractivity contribution in [2.24, 2.45) is 0 Å². The lowest BCUT2D eigenvalue weighted by Gasteiger charge is -2.34. The average molecular weight is 336 g/mol. The molecule has 0 spiro atoms. The van der Waals surface area contributed by atoms with Crippen molar-refractivity contribution in [3.63, 3.8) is 0 Å². The summed E-state index contributed by atoms with van der Waals surface area (Å²) in [5.74, 6) is 1.57. The molecule has 1 aliphatic heterocycles. The molecule has 0 saturated carbocycles. The second-order valence-corrected chi connectivity index (χ2v) is 6.58. The van der Waals surface area contributed by atoms with Gasteiger partial charge in [-0.2, -0.15) is 15.0 Å². The van der Waals surface area contributed by atoms with E-state index >= 15 is 0 Å². The SMILES string of the molecule is CC(C)NC(=O)CN1CCN(Cc2nc(N)nc(N(C)C)n2)CC1. The molecule has 2 rings (SSSR count). The van der Waals surface area contributed by atoms with E-state index in [0.29, 0.717) is 24.9 Å². The van der Waals surface area contributed by atoms with Crippen LogP contribution < -0.4 is 16.0 Å². The molecule has 3 N–H and O–H groups in total. The summed E-state index contributed by atoms with van der Waals surface area (Å²) in [5, 5.41) is 2.92. The highest BCUT2D eigenvalue weighted by atomic mass is 16.2. The van der Waals surface area contributed by atoms with Gasteiger partial charge in [-0.3, -0.25) is 14.6 Å². The number of nitrogens with one attached hydrogen (secondary N) is 1. The molecule has 1 aromatic rings. The van der Waals surface area contributed by atoms with Crippen LogP contribution in [0.1, 0.15) is 19.7 Å². The first-order valence-electron chi connectivity index (χ1n) is 8.25. The van der Waals surface area contributed by atoms with Gasteiger partial charge in [0.05, 0.1) is 13.1 Å². The fraction of sp³-hybridized carbons (Fsp3) is 0.733. The minimum absolute atomic E-state index is 0.0827. The van der Waals surface area contributed by atoms with Gasteiger partial charge in [0, 0.05) is 46.3 Å². The minimum Gasteiger partial charge on any atom is -0.368 e. The number of rotatable bonds is 6. The van der Waals surface area contributed by atoms with Gasteiger partial charge in [0.1, 0.15) is 5.82 Å². The summed E-state index contributed by atoms with van der Waals surface area (Å²) in [5.41, 5.74) is 5.76. The van der Waals surface area contributed by atoms with E-state index in [9.17, 15) is 4.79 Å². The first-order valence-corrected chi connectivity index (χ1v) is 8.25. The molecule has 134 valence electrons. The van der Waals surface area contributed by atoms with Crippen molar-refractivity contribution in [2.45, 2.75) is 26.4 Å². The molecule has 9 heteroatoms. The zero-order valence-electron chi connectivity index (χ0n) is 15.0. The quantitative estimate of drug-likeness (QED) is 0.693. The second kappa shape index (κ2) is 8.20. The number of hydrogen-bond acceptors (Lipinski definition) is 8. The molecular weight excluding hydrogens is 308 g/mol. The van der Waals surface area contributed by atoms with Crippen LogP contribution in [-0.2, 0) is 11.3 Å². The number of nitrogens with two attached hydrogens (primary N) is 1. The summed E-state index contributed by atoms with van der Waals surface area (Å²) in [6, 6.07) is 0.180. The number of anilines is 2. The first-order chi connectivity index (χ1) is 11.3. The zero-order valence-corrected chi connectivity index (χ0v) is 15.0. The average Bonchev–Trinajstić information content (AvgIpc) is 2.47. The molecule has 1 amide bonds. The topological polar surface area (TPSA) is 104 Å². The van der Waals surface area contributed by atoms with Crippen molar-refractivity contribution in [3.05, 3.63) is 5.82 Å². The molecule has 2 heterocycles. The van der Waals surface area contributed by atoms with E-state index in [4.69, 9.17) is 5.73 Å². The second-order valence-electron chi connectivity index (χ2n) is 6.58. The van der Waals surface area contributed by atoms with Crippen molar-refractivity contribution < 1.29 is 4.79 Å². The van der Waals surface area contributed by atoms with Crippen LogP contribution in [0, 0.1) is 0 Å². The molecule has 0 atom stereocenters. The molecule has 0 aromatic carbocycles. The van der Waals surface area contributed by atoms with Crippen molar-refractivity contribution in [3.8, 4) is 0 Å². The summed E-state index contributed by atoms with van der Waals surface area (Å²) >= 11 is 0. The van der Waals surface area contributed by atoms with Gasteiger partial charge >= 0.3 is 0 Å². The standard InChI is InChI=1S/C15H28N8O/c1-11(2)17-13(24)10-23-7-5-22(6-8-23)9-12-18-14(16)20-15(19-12)21(3)4/h11H,5-10H2,1-4H3,(H,17,24)(H2,16,18,19,20). The Morgan fingerprint density at radius 1 is 1.17 bits per heavy atom. The molecule has 0 bridgehead atoms. The smallest absolute Gasteiger partial charge is 0.234 e. The normalized spacial score (nSPS) is 16.4. The van der Waals surface area contributed by atoms with E-state index < -0.39 is 0 Å². The van der Waals surface area contributed by atoms with Gasteiger partial charge in [-0.25, -0.2) is 0 Å². The van der Waals surface area contributed by atoms with Crippen LogP contribution in [0.4, 0.5) is 11.9 Å².